The van der Waals surface area contributed by atoms with Crippen molar-refractivity contribution in [3.05, 3.63) is 12.3 Å². The largest absolute Gasteiger partial charge is 0.363 e. The predicted molar refractivity (Wildman–Crippen MR) is 65.5 cm³/mol. The Kier molecular flexibility index (Phi) is 5.25. The number of likely N-dealkylation sites (tertiary alicyclic amines) is 1. The van der Waals surface area contributed by atoms with Gasteiger partial charge in [0.25, 0.3) is 0 Å². The van der Waals surface area contributed by atoms with E-state index in [1.807, 2.05) is 0 Å². The Morgan fingerprint density at radius 3 is 2.94 bits per heavy atom. The Hall–Kier alpha value is -0.580. The maximum atomic E-state index is 9.12. The molecule has 92 valence electrons. The topological polar surface area (TPSA) is 56.1 Å². The number of hydrogen-bond donors (Lipinski definition) is 2. The van der Waals surface area contributed by atoms with E-state index in [0.29, 0.717) is 6.54 Å². The van der Waals surface area contributed by atoms with Crippen LogP contribution in [0.15, 0.2) is 17.3 Å². The van der Waals surface area contributed by atoms with Gasteiger partial charge in [-0.3, -0.25) is 4.99 Å². The molecule has 0 bridgehead atoms. The number of amidine groups is 1. The van der Waals surface area contributed by atoms with E-state index in [0.717, 1.165) is 31.6 Å². The van der Waals surface area contributed by atoms with Crippen LogP contribution in [0.4, 0.5) is 0 Å². The maximum Gasteiger partial charge on any atom is 0.193 e. The molecule has 0 saturated carbocycles. The van der Waals surface area contributed by atoms with E-state index in [-0.39, 0.29) is 11.1 Å². The molecule has 1 atom stereocenters. The van der Waals surface area contributed by atoms with E-state index in [1.165, 1.54) is 0 Å². The van der Waals surface area contributed by atoms with Crippen molar-refractivity contribution in [2.45, 2.75) is 37.9 Å². The first kappa shape index (κ1) is 13.5. The third-order valence-electron chi connectivity index (χ3n) is 2.54. The van der Waals surface area contributed by atoms with Crippen molar-refractivity contribution in [3.8, 4) is 0 Å². The second kappa shape index (κ2) is 6.23. The number of halogens is 1. The van der Waals surface area contributed by atoms with Gasteiger partial charge in [-0.25, -0.2) is 0 Å². The number of piperidine rings is 1. The molecule has 1 saturated heterocycles. The van der Waals surface area contributed by atoms with Crippen LogP contribution in [0.5, 0.6) is 0 Å². The van der Waals surface area contributed by atoms with Gasteiger partial charge in [-0.05, 0) is 12.8 Å². The van der Waals surface area contributed by atoms with Gasteiger partial charge < -0.3 is 15.1 Å². The van der Waals surface area contributed by atoms with Crippen LogP contribution in [0, 0.1) is 0 Å². The Morgan fingerprint density at radius 2 is 2.38 bits per heavy atom. The number of aliphatic hydroxyl groups is 2. The highest BCUT2D eigenvalue weighted by molar-refractivity contribution is 6.21. The molecule has 0 unspecified atom stereocenters. The summed E-state index contributed by atoms with van der Waals surface area (Å²) in [5, 5.41) is 18.2. The number of hydrogen-bond acceptors (Lipinski definition) is 3. The normalized spacial score (nSPS) is 24.2. The molecule has 2 N–H and O–H groups in total. The molecule has 1 aliphatic heterocycles. The molecule has 0 aromatic heterocycles. The third kappa shape index (κ3) is 3.47. The van der Waals surface area contributed by atoms with Gasteiger partial charge in [-0.1, -0.05) is 13.5 Å². The Morgan fingerprint density at radius 1 is 1.69 bits per heavy atom. The van der Waals surface area contributed by atoms with E-state index >= 15 is 0 Å². The Bertz CT molecular complexity index is 279. The Balaban J connectivity index is 2.76. The summed E-state index contributed by atoms with van der Waals surface area (Å²) in [4.78, 5) is 6.15. The maximum absolute atomic E-state index is 9.12. The van der Waals surface area contributed by atoms with Gasteiger partial charge in [0.2, 0.25) is 0 Å². The van der Waals surface area contributed by atoms with E-state index in [4.69, 9.17) is 21.8 Å². The zero-order valence-electron chi connectivity index (χ0n) is 9.56. The number of rotatable bonds is 4. The first-order chi connectivity index (χ1) is 7.56. The van der Waals surface area contributed by atoms with Crippen LogP contribution in [-0.4, -0.2) is 45.7 Å². The number of aliphatic hydroxyl groups excluding tert-OH is 1. The molecule has 1 aliphatic rings. The van der Waals surface area contributed by atoms with Crippen LogP contribution in [-0.2, 0) is 0 Å². The van der Waals surface area contributed by atoms with Crippen molar-refractivity contribution < 1.29 is 10.2 Å². The molecule has 0 aliphatic carbocycles. The van der Waals surface area contributed by atoms with Crippen molar-refractivity contribution >= 4 is 17.4 Å². The predicted octanol–water partition coefficient (Wildman–Crippen LogP) is 1.32. The molecule has 0 amide bonds. The molecule has 5 heteroatoms. The fourth-order valence-corrected chi connectivity index (χ4v) is 1.89. The van der Waals surface area contributed by atoms with Crippen molar-refractivity contribution in [2.75, 3.05) is 13.1 Å². The molecule has 1 rings (SSSR count). The van der Waals surface area contributed by atoms with E-state index in [2.05, 4.69) is 18.5 Å². The van der Waals surface area contributed by atoms with E-state index < -0.39 is 6.29 Å². The summed E-state index contributed by atoms with van der Waals surface area (Å²) in [5.74, 6) is 0.858. The van der Waals surface area contributed by atoms with E-state index in [1.54, 1.807) is 4.90 Å². The van der Waals surface area contributed by atoms with Gasteiger partial charge in [-0.15, -0.1) is 11.6 Å². The molecular formula is C11H19ClN2O2. The highest BCUT2D eigenvalue weighted by atomic mass is 35.5. The molecule has 0 aromatic carbocycles. The number of aliphatic imine (C=N–C) groups is 1. The zero-order chi connectivity index (χ0) is 12.1. The summed E-state index contributed by atoms with van der Waals surface area (Å²) in [6, 6.07) is 0. The summed E-state index contributed by atoms with van der Waals surface area (Å²) in [6.45, 7) is 7.00. The molecule has 1 fully saturated rings. The zero-order valence-corrected chi connectivity index (χ0v) is 10.3. The highest BCUT2D eigenvalue weighted by Crippen LogP contribution is 2.21. The van der Waals surface area contributed by atoms with Crippen LogP contribution in [0.3, 0.4) is 0 Å². The van der Waals surface area contributed by atoms with Crippen LogP contribution in [0.25, 0.3) is 0 Å². The minimum Gasteiger partial charge on any atom is -0.363 e. The van der Waals surface area contributed by atoms with Crippen LogP contribution in [0.2, 0.25) is 0 Å². The van der Waals surface area contributed by atoms with Crippen LogP contribution < -0.4 is 0 Å². The quantitative estimate of drug-likeness (QED) is 0.581. The van der Waals surface area contributed by atoms with E-state index in [9.17, 15) is 0 Å². The first-order valence-electron chi connectivity index (χ1n) is 5.56. The van der Waals surface area contributed by atoms with Gasteiger partial charge >= 0.3 is 0 Å². The number of nitrogens with zero attached hydrogens (tertiary/aromatic N) is 2. The SMILES string of the molecule is C=C(C(O)O)N1C[C@H](Cl)CC/C1=N/CCC. The van der Waals surface area contributed by atoms with Crippen LogP contribution >= 0.6 is 11.6 Å². The third-order valence-corrected chi connectivity index (χ3v) is 2.89. The van der Waals surface area contributed by atoms with Crippen molar-refractivity contribution in [1.29, 1.82) is 0 Å². The molecule has 16 heavy (non-hydrogen) atoms. The minimum absolute atomic E-state index is 0.0103. The van der Waals surface area contributed by atoms with Crippen molar-refractivity contribution in [2.24, 2.45) is 4.99 Å². The van der Waals surface area contributed by atoms with Crippen molar-refractivity contribution in [3.63, 3.8) is 0 Å². The van der Waals surface area contributed by atoms with Gasteiger partial charge in [0.15, 0.2) is 6.29 Å². The monoisotopic (exact) mass is 246 g/mol. The average Bonchev–Trinajstić information content (AvgIpc) is 2.26. The standard InChI is InChI=1S/C11H19ClN2O2/c1-3-6-13-10-5-4-9(12)7-14(10)8(2)11(15)16/h9,11,15-16H,2-7H2,1H3/b13-10-/t9-/m1/s1. The molecule has 4 nitrogen and oxygen atoms in total. The fraction of sp³-hybridized carbons (Fsp3) is 0.727. The van der Waals surface area contributed by atoms with Gasteiger partial charge in [0.1, 0.15) is 5.84 Å². The molecule has 1 heterocycles. The first-order valence-corrected chi connectivity index (χ1v) is 5.99. The molecule has 0 aromatic rings. The summed E-state index contributed by atoms with van der Waals surface area (Å²) >= 11 is 6.06. The lowest BCUT2D eigenvalue weighted by Crippen LogP contribution is -2.42. The lowest BCUT2D eigenvalue weighted by Gasteiger charge is -2.34. The second-order valence-electron chi connectivity index (χ2n) is 3.91. The molecule has 0 spiro atoms. The highest BCUT2D eigenvalue weighted by Gasteiger charge is 2.26. The van der Waals surface area contributed by atoms with Gasteiger partial charge in [0, 0.05) is 19.5 Å². The molecular weight excluding hydrogens is 228 g/mol. The summed E-state index contributed by atoms with van der Waals surface area (Å²) in [7, 11) is 0. The smallest absolute Gasteiger partial charge is 0.193 e. The average molecular weight is 247 g/mol. The summed E-state index contributed by atoms with van der Waals surface area (Å²) in [6.07, 6.45) is 1.05. The lowest BCUT2D eigenvalue weighted by atomic mass is 10.1. The van der Waals surface area contributed by atoms with Crippen LogP contribution in [0.1, 0.15) is 26.2 Å². The minimum atomic E-state index is -1.55. The second-order valence-corrected chi connectivity index (χ2v) is 4.53. The lowest BCUT2D eigenvalue weighted by molar-refractivity contribution is -0.0222. The fourth-order valence-electron chi connectivity index (χ4n) is 1.64. The van der Waals surface area contributed by atoms with Crippen molar-refractivity contribution in [1.82, 2.24) is 4.90 Å². The van der Waals surface area contributed by atoms with Gasteiger partial charge in [-0.2, -0.15) is 0 Å². The van der Waals surface area contributed by atoms with Gasteiger partial charge in [0.05, 0.1) is 11.1 Å². The Labute approximate surface area is 101 Å². The molecule has 0 radical (unpaired) electrons. The summed E-state index contributed by atoms with van der Waals surface area (Å²) in [5.41, 5.74) is 0.250. The summed E-state index contributed by atoms with van der Waals surface area (Å²) < 4.78 is 0. The number of alkyl halides is 1.